The highest BCUT2D eigenvalue weighted by Gasteiger charge is 2.38. The van der Waals surface area contributed by atoms with Crippen molar-refractivity contribution in [3.8, 4) is 18.2 Å². The Morgan fingerprint density at radius 2 is 1.76 bits per heavy atom. The molecule has 33 heavy (non-hydrogen) atoms. The Labute approximate surface area is 197 Å². The molecule has 3 unspecified atom stereocenters. The standard InChI is InChI=1S/C25H37N3O5/c1-9-13-17(5)26-22(30)21(18-14-11-12-15-19(18)29)28(10-2)23(31)20(16(3)4)27-24(32)33-25(6,7)8/h2,11-12,14-17,20-21,29H,9,13H2,1,3-8H3,(H,26,30)(H,27,32). The van der Waals surface area contributed by atoms with Gasteiger partial charge in [0.25, 0.3) is 5.91 Å². The number of alkyl carbamates (subject to hydrolysis) is 1. The first kappa shape index (κ1) is 27.8. The van der Waals surface area contributed by atoms with Crippen molar-refractivity contribution in [1.82, 2.24) is 15.5 Å². The summed E-state index contributed by atoms with van der Waals surface area (Å²) in [4.78, 5) is 40.1. The minimum absolute atomic E-state index is 0.161. The molecule has 0 aromatic heterocycles. The highest BCUT2D eigenvalue weighted by atomic mass is 16.6. The second-order valence-electron chi connectivity index (χ2n) is 9.36. The van der Waals surface area contributed by atoms with Gasteiger partial charge in [-0.25, -0.2) is 4.79 Å². The summed E-state index contributed by atoms with van der Waals surface area (Å²) in [6, 6.07) is 6.00. The predicted octanol–water partition coefficient (Wildman–Crippen LogP) is 3.71. The summed E-state index contributed by atoms with van der Waals surface area (Å²) in [5, 5.41) is 15.9. The quantitative estimate of drug-likeness (QED) is 0.385. The molecule has 0 aliphatic rings. The number of hydrogen-bond donors (Lipinski definition) is 3. The molecular formula is C25H37N3O5. The third-order valence-electron chi connectivity index (χ3n) is 4.83. The fourth-order valence-electron chi connectivity index (χ4n) is 3.31. The van der Waals surface area contributed by atoms with E-state index in [1.165, 1.54) is 12.1 Å². The van der Waals surface area contributed by atoms with Gasteiger partial charge in [-0.2, -0.15) is 0 Å². The van der Waals surface area contributed by atoms with Crippen LogP contribution in [0.1, 0.15) is 72.9 Å². The lowest BCUT2D eigenvalue weighted by molar-refractivity contribution is -0.139. The van der Waals surface area contributed by atoms with Crippen molar-refractivity contribution in [2.75, 3.05) is 0 Å². The number of phenolic OH excluding ortho intramolecular Hbond substituents is 1. The summed E-state index contributed by atoms with van der Waals surface area (Å²) in [5.41, 5.74) is -0.571. The van der Waals surface area contributed by atoms with Crippen molar-refractivity contribution in [2.24, 2.45) is 5.92 Å². The van der Waals surface area contributed by atoms with Crippen LogP contribution in [0.5, 0.6) is 5.75 Å². The molecule has 1 rings (SSSR count). The van der Waals surface area contributed by atoms with Crippen molar-refractivity contribution < 1.29 is 24.2 Å². The van der Waals surface area contributed by atoms with Crippen molar-refractivity contribution in [2.45, 2.75) is 85.0 Å². The van der Waals surface area contributed by atoms with Crippen LogP contribution in [-0.4, -0.2) is 45.6 Å². The van der Waals surface area contributed by atoms with Gasteiger partial charge in [-0.05, 0) is 46.1 Å². The van der Waals surface area contributed by atoms with Gasteiger partial charge in [0.1, 0.15) is 17.4 Å². The molecule has 3 amide bonds. The van der Waals surface area contributed by atoms with Crippen molar-refractivity contribution >= 4 is 17.9 Å². The number of terminal acetylenes is 1. The summed E-state index contributed by atoms with van der Waals surface area (Å²) in [6.07, 6.45) is 6.53. The van der Waals surface area contributed by atoms with Crippen LogP contribution in [0.4, 0.5) is 4.79 Å². The van der Waals surface area contributed by atoms with Crippen LogP contribution in [0.15, 0.2) is 24.3 Å². The van der Waals surface area contributed by atoms with E-state index in [4.69, 9.17) is 11.2 Å². The monoisotopic (exact) mass is 459 g/mol. The molecule has 1 aromatic rings. The second-order valence-corrected chi connectivity index (χ2v) is 9.36. The number of phenols is 1. The largest absolute Gasteiger partial charge is 0.508 e. The maximum Gasteiger partial charge on any atom is 0.408 e. The number of rotatable bonds is 9. The maximum absolute atomic E-state index is 13.5. The lowest BCUT2D eigenvalue weighted by Gasteiger charge is -2.32. The molecule has 0 saturated carbocycles. The summed E-state index contributed by atoms with van der Waals surface area (Å²) in [5.74, 6) is -1.71. The van der Waals surface area contributed by atoms with Gasteiger partial charge in [0.2, 0.25) is 5.91 Å². The van der Waals surface area contributed by atoms with Crippen LogP contribution in [0, 0.1) is 18.4 Å². The summed E-state index contributed by atoms with van der Waals surface area (Å²) in [6.45, 7) is 12.5. The molecule has 182 valence electrons. The van der Waals surface area contributed by atoms with E-state index < -0.39 is 35.6 Å². The van der Waals surface area contributed by atoms with Crippen LogP contribution in [0.25, 0.3) is 0 Å². The summed E-state index contributed by atoms with van der Waals surface area (Å²) >= 11 is 0. The van der Waals surface area contributed by atoms with Crippen LogP contribution >= 0.6 is 0 Å². The van der Waals surface area contributed by atoms with Crippen LogP contribution < -0.4 is 10.6 Å². The van der Waals surface area contributed by atoms with E-state index in [1.807, 2.05) is 13.8 Å². The topological polar surface area (TPSA) is 108 Å². The molecule has 0 heterocycles. The Balaban J connectivity index is 3.36. The number of nitrogens with zero attached hydrogens (tertiary/aromatic N) is 1. The zero-order valence-electron chi connectivity index (χ0n) is 20.6. The summed E-state index contributed by atoms with van der Waals surface area (Å²) in [7, 11) is 0. The first-order chi connectivity index (χ1) is 15.3. The fraction of sp³-hybridized carbons (Fsp3) is 0.560. The Morgan fingerprint density at radius 3 is 2.24 bits per heavy atom. The van der Waals surface area contributed by atoms with E-state index >= 15 is 0 Å². The molecule has 1 aromatic carbocycles. The van der Waals surface area contributed by atoms with E-state index in [0.29, 0.717) is 0 Å². The van der Waals surface area contributed by atoms with Crippen molar-refractivity contribution in [3.05, 3.63) is 29.8 Å². The van der Waals surface area contributed by atoms with Crippen LogP contribution in [-0.2, 0) is 14.3 Å². The number of amides is 3. The van der Waals surface area contributed by atoms with Gasteiger partial charge in [0.05, 0.1) is 0 Å². The van der Waals surface area contributed by atoms with Gasteiger partial charge in [-0.1, -0.05) is 51.8 Å². The second kappa shape index (κ2) is 12.1. The minimum atomic E-state index is -1.29. The van der Waals surface area contributed by atoms with E-state index in [2.05, 4.69) is 16.7 Å². The molecule has 0 radical (unpaired) electrons. The third-order valence-corrected chi connectivity index (χ3v) is 4.83. The number of aromatic hydroxyl groups is 1. The number of ether oxygens (including phenoxy) is 1. The molecule has 3 N–H and O–H groups in total. The number of carbonyl (C=O) groups excluding carboxylic acids is 3. The van der Waals surface area contributed by atoms with Gasteiger partial charge in [-0.15, -0.1) is 0 Å². The Bertz CT molecular complexity index is 870. The average Bonchev–Trinajstić information content (AvgIpc) is 2.69. The fourth-order valence-corrected chi connectivity index (χ4v) is 3.31. The molecule has 8 nitrogen and oxygen atoms in total. The first-order valence-corrected chi connectivity index (χ1v) is 11.2. The minimum Gasteiger partial charge on any atom is -0.508 e. The Kier molecular flexibility index (Phi) is 10.2. The smallest absolute Gasteiger partial charge is 0.408 e. The van der Waals surface area contributed by atoms with Gasteiger partial charge in [0.15, 0.2) is 6.04 Å². The predicted molar refractivity (Wildman–Crippen MR) is 127 cm³/mol. The number of hydrogen-bond acceptors (Lipinski definition) is 5. The van der Waals surface area contributed by atoms with Gasteiger partial charge >= 0.3 is 6.09 Å². The SMILES string of the molecule is C#CN(C(=O)C(NC(=O)OC(C)(C)C)C(C)C)C(C(=O)NC(C)CCC)c1ccccc1O. The van der Waals surface area contributed by atoms with Crippen molar-refractivity contribution in [3.63, 3.8) is 0 Å². The van der Waals surface area contributed by atoms with E-state index in [1.54, 1.807) is 46.8 Å². The van der Waals surface area contributed by atoms with Gasteiger partial charge < -0.3 is 20.5 Å². The molecule has 0 aliphatic heterocycles. The molecule has 0 bridgehead atoms. The van der Waals surface area contributed by atoms with E-state index in [9.17, 15) is 19.5 Å². The molecule has 3 atom stereocenters. The van der Waals surface area contributed by atoms with E-state index in [0.717, 1.165) is 17.7 Å². The molecule has 0 spiro atoms. The van der Waals surface area contributed by atoms with Gasteiger partial charge in [-0.3, -0.25) is 14.5 Å². The van der Waals surface area contributed by atoms with Crippen LogP contribution in [0.3, 0.4) is 0 Å². The average molecular weight is 460 g/mol. The molecule has 0 fully saturated rings. The number of carbonyl (C=O) groups is 3. The Morgan fingerprint density at radius 1 is 1.15 bits per heavy atom. The first-order valence-electron chi connectivity index (χ1n) is 11.2. The number of para-hydroxylation sites is 1. The van der Waals surface area contributed by atoms with Gasteiger partial charge in [0, 0.05) is 17.6 Å². The van der Waals surface area contributed by atoms with Crippen molar-refractivity contribution in [1.29, 1.82) is 0 Å². The number of benzene rings is 1. The van der Waals surface area contributed by atoms with Crippen LogP contribution in [0.2, 0.25) is 0 Å². The molecule has 0 aliphatic carbocycles. The highest BCUT2D eigenvalue weighted by molar-refractivity contribution is 5.93. The summed E-state index contributed by atoms with van der Waals surface area (Å²) < 4.78 is 5.28. The zero-order chi connectivity index (χ0) is 25.3. The highest BCUT2D eigenvalue weighted by Crippen LogP contribution is 2.30. The molecular weight excluding hydrogens is 422 g/mol. The normalized spacial score (nSPS) is 13.9. The van der Waals surface area contributed by atoms with E-state index in [-0.39, 0.29) is 23.3 Å². The lowest BCUT2D eigenvalue weighted by atomic mass is 9.98. The molecule has 0 saturated heterocycles. The number of nitrogens with one attached hydrogen (secondary N) is 2. The Hall–Kier alpha value is -3.21. The zero-order valence-corrected chi connectivity index (χ0v) is 20.6. The maximum atomic E-state index is 13.5. The molecule has 8 heteroatoms. The third kappa shape index (κ3) is 8.33. The lowest BCUT2D eigenvalue weighted by Crippen LogP contribution is -2.54.